The van der Waals surface area contributed by atoms with Gasteiger partial charge in [-0.3, -0.25) is 4.79 Å². The van der Waals surface area contributed by atoms with Crippen LogP contribution in [0.2, 0.25) is 0 Å². The lowest BCUT2D eigenvalue weighted by Crippen LogP contribution is -2.44. The third kappa shape index (κ3) is 3.89. The molecule has 1 unspecified atom stereocenters. The Labute approximate surface area is 125 Å². The molecule has 1 fully saturated rings. The highest BCUT2D eigenvalue weighted by molar-refractivity contribution is 6.18. The molecule has 2 rings (SSSR count). The quantitative estimate of drug-likeness (QED) is 0.781. The molecule has 110 valence electrons. The van der Waals surface area contributed by atoms with E-state index in [2.05, 4.69) is 0 Å². The second-order valence-electron chi connectivity index (χ2n) is 5.24. The van der Waals surface area contributed by atoms with Gasteiger partial charge >= 0.3 is 0 Å². The van der Waals surface area contributed by atoms with Crippen molar-refractivity contribution in [2.45, 2.75) is 38.1 Å². The molecule has 1 aliphatic heterocycles. The molecule has 0 bridgehead atoms. The Morgan fingerprint density at radius 3 is 2.75 bits per heavy atom. The highest BCUT2D eigenvalue weighted by Crippen LogP contribution is 2.20. The van der Waals surface area contributed by atoms with E-state index < -0.39 is 0 Å². The third-order valence-corrected chi connectivity index (χ3v) is 4.27. The summed E-state index contributed by atoms with van der Waals surface area (Å²) in [6, 6.07) is 8.13. The smallest absolute Gasteiger partial charge is 0.223 e. The number of ether oxygens (including phenoxy) is 1. The summed E-state index contributed by atoms with van der Waals surface area (Å²) in [5.41, 5.74) is 1.17. The zero-order chi connectivity index (χ0) is 14.4. The zero-order valence-corrected chi connectivity index (χ0v) is 12.7. The van der Waals surface area contributed by atoms with Gasteiger partial charge in [0.25, 0.3) is 0 Å². The van der Waals surface area contributed by atoms with Crippen molar-refractivity contribution in [1.82, 2.24) is 4.90 Å². The third-order valence-electron chi connectivity index (χ3n) is 3.91. The van der Waals surface area contributed by atoms with Crippen molar-refractivity contribution in [2.75, 3.05) is 19.5 Å². The van der Waals surface area contributed by atoms with Crippen LogP contribution in [0.25, 0.3) is 0 Å². The molecule has 0 aliphatic carbocycles. The molecule has 3 nitrogen and oxygen atoms in total. The number of amides is 1. The number of methoxy groups -OCH3 is 1. The number of hydrogen-bond acceptors (Lipinski definition) is 2. The number of halogens is 1. The predicted molar refractivity (Wildman–Crippen MR) is 81.4 cm³/mol. The summed E-state index contributed by atoms with van der Waals surface area (Å²) in [4.78, 5) is 14.3. The van der Waals surface area contributed by atoms with E-state index in [0.717, 1.165) is 31.6 Å². The summed E-state index contributed by atoms with van der Waals surface area (Å²) in [6.45, 7) is 0.860. The van der Waals surface area contributed by atoms with Crippen molar-refractivity contribution in [1.29, 1.82) is 0 Å². The SMILES string of the molecule is COc1ccc(CCC(=O)N2CCCCC2CCl)cc1. The van der Waals surface area contributed by atoms with Crippen molar-refractivity contribution in [2.24, 2.45) is 0 Å². The Balaban J connectivity index is 1.87. The highest BCUT2D eigenvalue weighted by atomic mass is 35.5. The lowest BCUT2D eigenvalue weighted by Gasteiger charge is -2.34. The number of alkyl halides is 1. The largest absolute Gasteiger partial charge is 0.497 e. The summed E-state index contributed by atoms with van der Waals surface area (Å²) >= 11 is 5.96. The first-order valence-electron chi connectivity index (χ1n) is 7.23. The van der Waals surface area contributed by atoms with Gasteiger partial charge in [0.2, 0.25) is 5.91 Å². The van der Waals surface area contributed by atoms with Gasteiger partial charge in [-0.15, -0.1) is 11.6 Å². The van der Waals surface area contributed by atoms with Crippen molar-refractivity contribution in [3.05, 3.63) is 29.8 Å². The molecule has 0 spiro atoms. The topological polar surface area (TPSA) is 29.5 Å². The molecule has 0 aromatic heterocycles. The van der Waals surface area contributed by atoms with Crippen molar-refractivity contribution >= 4 is 17.5 Å². The van der Waals surface area contributed by atoms with Crippen LogP contribution < -0.4 is 4.74 Å². The summed E-state index contributed by atoms with van der Waals surface area (Å²) in [5, 5.41) is 0. The van der Waals surface area contributed by atoms with Gasteiger partial charge < -0.3 is 9.64 Å². The first-order valence-corrected chi connectivity index (χ1v) is 7.76. The van der Waals surface area contributed by atoms with Gasteiger partial charge in [-0.05, 0) is 43.4 Å². The number of aryl methyl sites for hydroxylation is 1. The van der Waals surface area contributed by atoms with E-state index in [1.807, 2.05) is 29.2 Å². The predicted octanol–water partition coefficient (Wildman–Crippen LogP) is 3.25. The molecule has 0 N–H and O–H groups in total. The molecule has 1 aliphatic rings. The van der Waals surface area contributed by atoms with E-state index in [-0.39, 0.29) is 11.9 Å². The van der Waals surface area contributed by atoms with E-state index in [4.69, 9.17) is 16.3 Å². The lowest BCUT2D eigenvalue weighted by atomic mass is 10.0. The van der Waals surface area contributed by atoms with Gasteiger partial charge in [0.1, 0.15) is 5.75 Å². The molecule has 1 heterocycles. The normalized spacial score (nSPS) is 18.9. The van der Waals surface area contributed by atoms with E-state index >= 15 is 0 Å². The second-order valence-corrected chi connectivity index (χ2v) is 5.55. The van der Waals surface area contributed by atoms with Gasteiger partial charge in [0.15, 0.2) is 0 Å². The molecule has 1 aromatic carbocycles. The van der Waals surface area contributed by atoms with Gasteiger partial charge in [-0.2, -0.15) is 0 Å². The minimum Gasteiger partial charge on any atom is -0.497 e. The van der Waals surface area contributed by atoms with Crippen LogP contribution in [0.3, 0.4) is 0 Å². The average molecular weight is 296 g/mol. The molecular weight excluding hydrogens is 274 g/mol. The summed E-state index contributed by atoms with van der Waals surface area (Å²) in [6.07, 6.45) is 4.65. The number of carbonyl (C=O) groups is 1. The number of piperidine rings is 1. The Bertz CT molecular complexity index is 433. The maximum atomic E-state index is 12.3. The van der Waals surface area contributed by atoms with E-state index in [1.165, 1.54) is 12.0 Å². The van der Waals surface area contributed by atoms with Crippen LogP contribution in [0.4, 0.5) is 0 Å². The molecule has 4 heteroatoms. The van der Waals surface area contributed by atoms with Gasteiger partial charge in [-0.25, -0.2) is 0 Å². The van der Waals surface area contributed by atoms with Crippen LogP contribution in [0.5, 0.6) is 5.75 Å². The van der Waals surface area contributed by atoms with Crippen LogP contribution in [-0.4, -0.2) is 36.4 Å². The number of carbonyl (C=O) groups excluding carboxylic acids is 1. The molecule has 0 saturated carbocycles. The molecule has 0 radical (unpaired) electrons. The Morgan fingerprint density at radius 1 is 1.35 bits per heavy atom. The van der Waals surface area contributed by atoms with E-state index in [0.29, 0.717) is 12.3 Å². The minimum atomic E-state index is 0.228. The fraction of sp³-hybridized carbons (Fsp3) is 0.562. The van der Waals surface area contributed by atoms with Crippen LogP contribution >= 0.6 is 11.6 Å². The van der Waals surface area contributed by atoms with Crippen LogP contribution in [0.15, 0.2) is 24.3 Å². The first kappa shape index (κ1) is 15.2. The number of hydrogen-bond donors (Lipinski definition) is 0. The van der Waals surface area contributed by atoms with Gasteiger partial charge in [-0.1, -0.05) is 12.1 Å². The summed E-state index contributed by atoms with van der Waals surface area (Å²) in [5.74, 6) is 1.62. The average Bonchev–Trinajstić information content (AvgIpc) is 2.53. The number of rotatable bonds is 5. The lowest BCUT2D eigenvalue weighted by molar-refractivity contribution is -0.134. The van der Waals surface area contributed by atoms with Crippen LogP contribution in [0.1, 0.15) is 31.2 Å². The zero-order valence-electron chi connectivity index (χ0n) is 12.0. The number of benzene rings is 1. The highest BCUT2D eigenvalue weighted by Gasteiger charge is 2.25. The van der Waals surface area contributed by atoms with Crippen LogP contribution in [0, 0.1) is 0 Å². The Hall–Kier alpha value is -1.22. The second kappa shape index (κ2) is 7.53. The number of likely N-dealkylation sites (tertiary alicyclic amines) is 1. The van der Waals surface area contributed by atoms with Gasteiger partial charge in [0, 0.05) is 24.9 Å². The summed E-state index contributed by atoms with van der Waals surface area (Å²) < 4.78 is 5.13. The van der Waals surface area contributed by atoms with E-state index in [1.54, 1.807) is 7.11 Å². The fourth-order valence-electron chi connectivity index (χ4n) is 2.68. The molecule has 1 aromatic rings. The maximum absolute atomic E-state index is 12.3. The fourth-order valence-corrected chi connectivity index (χ4v) is 3.00. The molecule has 1 saturated heterocycles. The minimum absolute atomic E-state index is 0.228. The first-order chi connectivity index (χ1) is 9.74. The van der Waals surface area contributed by atoms with Gasteiger partial charge in [0.05, 0.1) is 7.11 Å². The standard InChI is InChI=1S/C16H22ClNO2/c1-20-15-8-5-13(6-9-15)7-10-16(19)18-11-3-2-4-14(18)12-17/h5-6,8-9,14H,2-4,7,10-12H2,1H3. The van der Waals surface area contributed by atoms with Crippen LogP contribution in [-0.2, 0) is 11.2 Å². The Morgan fingerprint density at radius 2 is 2.10 bits per heavy atom. The maximum Gasteiger partial charge on any atom is 0.223 e. The monoisotopic (exact) mass is 295 g/mol. The van der Waals surface area contributed by atoms with E-state index in [9.17, 15) is 4.79 Å². The van der Waals surface area contributed by atoms with Crippen molar-refractivity contribution in [3.63, 3.8) is 0 Å². The van der Waals surface area contributed by atoms with Crippen molar-refractivity contribution < 1.29 is 9.53 Å². The molecular formula is C16H22ClNO2. The Kier molecular flexibility index (Phi) is 5.72. The summed E-state index contributed by atoms with van der Waals surface area (Å²) in [7, 11) is 1.65. The molecule has 20 heavy (non-hydrogen) atoms. The molecule has 1 amide bonds. The number of nitrogens with zero attached hydrogens (tertiary/aromatic N) is 1. The molecule has 1 atom stereocenters. The van der Waals surface area contributed by atoms with Crippen molar-refractivity contribution in [3.8, 4) is 5.75 Å².